The minimum Gasteiger partial charge on any atom is -0.325 e. The lowest BCUT2D eigenvalue weighted by Crippen LogP contribution is -2.54. The third-order valence-electron chi connectivity index (χ3n) is 5.51. The molecule has 0 aromatic heterocycles. The number of carbonyl (C=O) groups is 2. The molecule has 0 bridgehead atoms. The van der Waals surface area contributed by atoms with E-state index in [1.54, 1.807) is 4.90 Å². The van der Waals surface area contributed by atoms with Crippen molar-refractivity contribution in [3.8, 4) is 0 Å². The third-order valence-corrected chi connectivity index (χ3v) is 5.51. The number of amides is 2. The summed E-state index contributed by atoms with van der Waals surface area (Å²) in [5, 5.41) is 3.02. The van der Waals surface area contributed by atoms with Gasteiger partial charge in [-0.25, -0.2) is 0 Å². The van der Waals surface area contributed by atoms with Crippen molar-refractivity contribution in [3.63, 3.8) is 0 Å². The van der Waals surface area contributed by atoms with Gasteiger partial charge >= 0.3 is 0 Å². The van der Waals surface area contributed by atoms with Crippen LogP contribution < -0.4 is 10.2 Å². The van der Waals surface area contributed by atoms with Gasteiger partial charge in [0, 0.05) is 56.6 Å². The Bertz CT molecular complexity index is 653. The van der Waals surface area contributed by atoms with Gasteiger partial charge in [0.25, 0.3) is 0 Å². The van der Waals surface area contributed by atoms with Crippen molar-refractivity contribution in [1.29, 1.82) is 0 Å². The molecular weight excluding hydrogens is 328 g/mol. The summed E-state index contributed by atoms with van der Waals surface area (Å²) in [6, 6.07) is 7.98. The van der Waals surface area contributed by atoms with Crippen molar-refractivity contribution >= 4 is 23.2 Å². The van der Waals surface area contributed by atoms with E-state index < -0.39 is 0 Å². The first-order valence-corrected chi connectivity index (χ1v) is 9.65. The quantitative estimate of drug-likeness (QED) is 0.876. The normalized spacial score (nSPS) is 20.6. The molecule has 0 saturated carbocycles. The Morgan fingerprint density at radius 1 is 1.04 bits per heavy atom. The Morgan fingerprint density at radius 2 is 1.73 bits per heavy atom. The van der Waals surface area contributed by atoms with Crippen molar-refractivity contribution in [2.45, 2.75) is 45.7 Å². The molecule has 2 amide bonds. The van der Waals surface area contributed by atoms with E-state index in [0.29, 0.717) is 12.5 Å². The van der Waals surface area contributed by atoms with Crippen molar-refractivity contribution in [3.05, 3.63) is 24.3 Å². The Hall–Kier alpha value is -1.92. The highest BCUT2D eigenvalue weighted by molar-refractivity contribution is 5.98. The molecule has 0 radical (unpaired) electrons. The molecule has 1 aromatic rings. The first-order chi connectivity index (χ1) is 12.5. The van der Waals surface area contributed by atoms with Crippen LogP contribution in [-0.2, 0) is 9.59 Å². The summed E-state index contributed by atoms with van der Waals surface area (Å²) >= 11 is 0. The topological polar surface area (TPSA) is 55.9 Å². The lowest BCUT2D eigenvalue weighted by molar-refractivity contribution is -0.121. The summed E-state index contributed by atoms with van der Waals surface area (Å²) in [5.74, 6) is 0.165. The smallest absolute Gasteiger partial charge is 0.241 e. The second-order valence-electron chi connectivity index (χ2n) is 7.53. The molecule has 3 rings (SSSR count). The lowest BCUT2D eigenvalue weighted by atomic mass is 10.2. The van der Waals surface area contributed by atoms with Gasteiger partial charge in [0.15, 0.2) is 0 Å². The molecule has 2 fully saturated rings. The van der Waals surface area contributed by atoms with Gasteiger partial charge in [0.1, 0.15) is 0 Å². The minimum absolute atomic E-state index is 0.00731. The maximum atomic E-state index is 12.7. The molecule has 1 N–H and O–H groups in total. The second kappa shape index (κ2) is 8.18. The van der Waals surface area contributed by atoms with Crippen LogP contribution in [0.4, 0.5) is 11.4 Å². The Balaban J connectivity index is 1.58. The molecule has 1 aromatic carbocycles. The van der Waals surface area contributed by atoms with E-state index in [4.69, 9.17) is 0 Å². The molecule has 6 heteroatoms. The van der Waals surface area contributed by atoms with E-state index in [9.17, 15) is 9.59 Å². The highest BCUT2D eigenvalue weighted by atomic mass is 16.2. The maximum Gasteiger partial charge on any atom is 0.241 e. The minimum atomic E-state index is -0.165. The van der Waals surface area contributed by atoms with E-state index in [1.807, 2.05) is 31.2 Å². The van der Waals surface area contributed by atoms with Gasteiger partial charge in [-0.3, -0.25) is 19.4 Å². The van der Waals surface area contributed by atoms with Gasteiger partial charge in [-0.15, -0.1) is 0 Å². The fourth-order valence-electron chi connectivity index (χ4n) is 3.73. The zero-order chi connectivity index (χ0) is 18.7. The molecule has 6 nitrogen and oxygen atoms in total. The Labute approximate surface area is 156 Å². The maximum absolute atomic E-state index is 12.7. The average molecular weight is 358 g/mol. The van der Waals surface area contributed by atoms with Crippen molar-refractivity contribution < 1.29 is 9.59 Å². The van der Waals surface area contributed by atoms with Crippen LogP contribution in [0.2, 0.25) is 0 Å². The van der Waals surface area contributed by atoms with E-state index in [-0.39, 0.29) is 17.9 Å². The van der Waals surface area contributed by atoms with Crippen molar-refractivity contribution in [2.24, 2.45) is 0 Å². The number of hydrogen-bond acceptors (Lipinski definition) is 4. The summed E-state index contributed by atoms with van der Waals surface area (Å²) in [5.41, 5.74) is 1.61. The molecule has 142 valence electrons. The molecule has 1 unspecified atom stereocenters. The van der Waals surface area contributed by atoms with E-state index >= 15 is 0 Å². The first kappa shape index (κ1) is 18.9. The number of rotatable bonds is 5. The van der Waals surface area contributed by atoms with E-state index in [0.717, 1.165) is 50.5 Å². The third kappa shape index (κ3) is 4.24. The molecule has 2 heterocycles. The SMILES string of the molecule is CC(C)N1CCN(C(C)C(=O)Nc2cccc(N3CCCC3=O)c2)CC1. The fourth-order valence-corrected chi connectivity index (χ4v) is 3.73. The summed E-state index contributed by atoms with van der Waals surface area (Å²) in [6.45, 7) is 11.0. The predicted octanol–water partition coefficient (Wildman–Crippen LogP) is 2.17. The van der Waals surface area contributed by atoms with Gasteiger partial charge in [-0.2, -0.15) is 0 Å². The van der Waals surface area contributed by atoms with Crippen LogP contribution in [0.1, 0.15) is 33.6 Å². The van der Waals surface area contributed by atoms with Crippen LogP contribution in [0.15, 0.2) is 24.3 Å². The Kier molecular flexibility index (Phi) is 5.94. The number of nitrogens with zero attached hydrogens (tertiary/aromatic N) is 3. The standard InChI is InChI=1S/C20H30N4O2/c1-15(2)22-10-12-23(13-11-22)16(3)20(26)21-17-6-4-7-18(14-17)24-9-5-8-19(24)25/h4,6-7,14-16H,5,8-13H2,1-3H3,(H,21,26). The molecular formula is C20H30N4O2. The average Bonchev–Trinajstić information content (AvgIpc) is 3.07. The van der Waals surface area contributed by atoms with Gasteiger partial charge in [-0.1, -0.05) is 6.07 Å². The number of benzene rings is 1. The molecule has 1 atom stereocenters. The highest BCUT2D eigenvalue weighted by Gasteiger charge is 2.27. The summed E-state index contributed by atoms with van der Waals surface area (Å²) < 4.78 is 0. The van der Waals surface area contributed by atoms with Gasteiger partial charge in [0.2, 0.25) is 11.8 Å². The predicted molar refractivity (Wildman–Crippen MR) is 104 cm³/mol. The molecule has 2 aliphatic heterocycles. The van der Waals surface area contributed by atoms with Gasteiger partial charge < -0.3 is 10.2 Å². The zero-order valence-electron chi connectivity index (χ0n) is 16.1. The zero-order valence-corrected chi connectivity index (χ0v) is 16.1. The van der Waals surface area contributed by atoms with Gasteiger partial charge in [-0.05, 0) is 45.4 Å². The Morgan fingerprint density at radius 3 is 2.35 bits per heavy atom. The largest absolute Gasteiger partial charge is 0.325 e. The first-order valence-electron chi connectivity index (χ1n) is 9.65. The molecule has 26 heavy (non-hydrogen) atoms. The molecule has 0 aliphatic carbocycles. The number of piperazine rings is 1. The molecule has 2 saturated heterocycles. The van der Waals surface area contributed by atoms with E-state index in [2.05, 4.69) is 29.0 Å². The van der Waals surface area contributed by atoms with Crippen LogP contribution in [0.25, 0.3) is 0 Å². The molecule has 2 aliphatic rings. The number of nitrogens with one attached hydrogen (secondary N) is 1. The monoisotopic (exact) mass is 358 g/mol. The van der Waals surface area contributed by atoms with Crippen molar-refractivity contribution in [1.82, 2.24) is 9.80 Å². The lowest BCUT2D eigenvalue weighted by Gasteiger charge is -2.39. The van der Waals surface area contributed by atoms with Crippen LogP contribution in [0.5, 0.6) is 0 Å². The van der Waals surface area contributed by atoms with E-state index in [1.165, 1.54) is 0 Å². The summed E-state index contributed by atoms with van der Waals surface area (Å²) in [7, 11) is 0. The van der Waals surface area contributed by atoms with Crippen LogP contribution in [-0.4, -0.2) is 66.4 Å². The van der Waals surface area contributed by atoms with Gasteiger partial charge in [0.05, 0.1) is 6.04 Å². The van der Waals surface area contributed by atoms with Crippen LogP contribution in [0, 0.1) is 0 Å². The number of anilines is 2. The van der Waals surface area contributed by atoms with Crippen LogP contribution >= 0.6 is 0 Å². The van der Waals surface area contributed by atoms with Crippen molar-refractivity contribution in [2.75, 3.05) is 42.9 Å². The summed E-state index contributed by atoms with van der Waals surface area (Å²) in [6.07, 6.45) is 1.50. The number of hydrogen-bond donors (Lipinski definition) is 1. The fraction of sp³-hybridized carbons (Fsp3) is 0.600. The highest BCUT2D eigenvalue weighted by Crippen LogP contribution is 2.24. The summed E-state index contributed by atoms with van der Waals surface area (Å²) in [4.78, 5) is 31.1. The van der Waals surface area contributed by atoms with Crippen LogP contribution in [0.3, 0.4) is 0 Å². The number of carbonyl (C=O) groups excluding carboxylic acids is 2. The molecule has 0 spiro atoms. The second-order valence-corrected chi connectivity index (χ2v) is 7.53.